The molecule has 1 N–H and O–H groups in total. The van der Waals surface area contributed by atoms with Crippen molar-refractivity contribution in [3.63, 3.8) is 0 Å². The highest BCUT2D eigenvalue weighted by atomic mass is 16.2. The van der Waals surface area contributed by atoms with Crippen molar-refractivity contribution in [3.05, 3.63) is 11.8 Å². The molecule has 1 atom stereocenters. The predicted octanol–water partition coefficient (Wildman–Crippen LogP) is 0.420. The summed E-state index contributed by atoms with van der Waals surface area (Å²) < 4.78 is 0. The zero-order valence-corrected chi connectivity index (χ0v) is 9.90. The molecule has 0 radical (unpaired) electrons. The number of nitrogens with zero attached hydrogens (tertiary/aromatic N) is 1. The number of carbonyl (C=O) groups is 3. The fraction of sp³-hybridized carbons (Fsp3) is 0.545. The molecule has 16 heavy (non-hydrogen) atoms. The molecule has 0 spiro atoms. The van der Waals surface area contributed by atoms with E-state index < -0.39 is 17.9 Å². The van der Waals surface area contributed by atoms with E-state index in [2.05, 4.69) is 5.32 Å². The van der Waals surface area contributed by atoms with Crippen LogP contribution in [0.2, 0.25) is 0 Å². The highest BCUT2D eigenvalue weighted by Gasteiger charge is 2.36. The lowest BCUT2D eigenvalue weighted by Crippen LogP contribution is -2.57. The van der Waals surface area contributed by atoms with Crippen molar-refractivity contribution in [3.8, 4) is 0 Å². The highest BCUT2D eigenvalue weighted by molar-refractivity contribution is 6.11. The molecule has 1 heterocycles. The molecule has 0 aromatic carbocycles. The van der Waals surface area contributed by atoms with Crippen LogP contribution >= 0.6 is 0 Å². The van der Waals surface area contributed by atoms with E-state index in [1.165, 1.54) is 13.8 Å². The van der Waals surface area contributed by atoms with Crippen molar-refractivity contribution >= 4 is 17.7 Å². The van der Waals surface area contributed by atoms with Crippen LogP contribution in [0.15, 0.2) is 11.8 Å². The van der Waals surface area contributed by atoms with Gasteiger partial charge in [0.2, 0.25) is 11.8 Å². The molecule has 0 saturated carbocycles. The summed E-state index contributed by atoms with van der Waals surface area (Å²) in [6.07, 6.45) is 1.64. The average Bonchev–Trinajstić information content (AvgIpc) is 2.13. The van der Waals surface area contributed by atoms with Gasteiger partial charge in [0.15, 0.2) is 0 Å². The summed E-state index contributed by atoms with van der Waals surface area (Å²) in [5, 5.41) is 2.51. The molecule has 0 aromatic rings. The Balaban J connectivity index is 3.07. The number of nitrogens with one attached hydrogen (secondary N) is 1. The molecule has 0 aromatic heterocycles. The van der Waals surface area contributed by atoms with Gasteiger partial charge in [-0.2, -0.15) is 0 Å². The first-order valence-corrected chi connectivity index (χ1v) is 5.21. The molecule has 88 valence electrons. The molecule has 5 nitrogen and oxygen atoms in total. The first-order chi connectivity index (χ1) is 7.34. The van der Waals surface area contributed by atoms with Crippen LogP contribution in [-0.4, -0.2) is 28.7 Å². The maximum Gasteiger partial charge on any atom is 0.277 e. The molecular weight excluding hydrogens is 208 g/mol. The second-order valence-corrected chi connectivity index (χ2v) is 4.18. The van der Waals surface area contributed by atoms with Gasteiger partial charge in [0.1, 0.15) is 11.7 Å². The first kappa shape index (κ1) is 12.4. The summed E-state index contributed by atoms with van der Waals surface area (Å²) in [7, 11) is 0. The summed E-state index contributed by atoms with van der Waals surface area (Å²) in [5.41, 5.74) is 0.188. The number of carbonyl (C=O) groups excluding carboxylic acids is 3. The Morgan fingerprint density at radius 1 is 1.44 bits per heavy atom. The standard InChI is InChI=1S/C11H16N2O3/c1-6(2)5-9-11(16)13(8(4)14)7(3)10(15)12-9/h5-7H,1-4H3,(H,12,15)/b9-5+. The molecule has 1 unspecified atom stereocenters. The van der Waals surface area contributed by atoms with Gasteiger partial charge < -0.3 is 5.32 Å². The number of piperazine rings is 1. The Morgan fingerprint density at radius 2 is 2.00 bits per heavy atom. The smallest absolute Gasteiger partial charge is 0.277 e. The predicted molar refractivity (Wildman–Crippen MR) is 58.1 cm³/mol. The van der Waals surface area contributed by atoms with E-state index in [0.29, 0.717) is 0 Å². The van der Waals surface area contributed by atoms with Crippen LogP contribution in [-0.2, 0) is 14.4 Å². The summed E-state index contributed by atoms with van der Waals surface area (Å²) in [4.78, 5) is 35.7. The van der Waals surface area contributed by atoms with Crippen molar-refractivity contribution in [2.75, 3.05) is 0 Å². The minimum atomic E-state index is -0.741. The quantitative estimate of drug-likeness (QED) is 0.656. The maximum absolute atomic E-state index is 11.9. The summed E-state index contributed by atoms with van der Waals surface area (Å²) in [6, 6.07) is -0.741. The van der Waals surface area contributed by atoms with Crippen LogP contribution in [0.25, 0.3) is 0 Å². The van der Waals surface area contributed by atoms with Crippen molar-refractivity contribution in [2.45, 2.75) is 33.7 Å². The molecule has 1 rings (SSSR count). The van der Waals surface area contributed by atoms with Crippen molar-refractivity contribution in [1.29, 1.82) is 0 Å². The second-order valence-electron chi connectivity index (χ2n) is 4.18. The third-order valence-corrected chi connectivity index (χ3v) is 2.31. The lowest BCUT2D eigenvalue weighted by Gasteiger charge is -2.31. The normalized spacial score (nSPS) is 23.9. The molecule has 1 aliphatic rings. The molecule has 1 aliphatic heterocycles. The monoisotopic (exact) mass is 224 g/mol. The summed E-state index contributed by atoms with van der Waals surface area (Å²) in [5.74, 6) is -1.06. The van der Waals surface area contributed by atoms with Gasteiger partial charge in [-0.3, -0.25) is 19.3 Å². The Kier molecular flexibility index (Phi) is 3.47. The van der Waals surface area contributed by atoms with Gasteiger partial charge in [-0.05, 0) is 12.8 Å². The van der Waals surface area contributed by atoms with Crippen LogP contribution in [0, 0.1) is 5.92 Å². The van der Waals surface area contributed by atoms with Crippen LogP contribution in [0.5, 0.6) is 0 Å². The lowest BCUT2D eigenvalue weighted by atomic mass is 10.1. The van der Waals surface area contributed by atoms with E-state index >= 15 is 0 Å². The van der Waals surface area contributed by atoms with Gasteiger partial charge in [0, 0.05) is 6.92 Å². The van der Waals surface area contributed by atoms with Gasteiger partial charge in [0.05, 0.1) is 0 Å². The molecule has 0 bridgehead atoms. The van der Waals surface area contributed by atoms with Crippen molar-refractivity contribution in [1.82, 2.24) is 10.2 Å². The SMILES string of the molecule is CC(=O)N1C(=O)/C(=C\C(C)C)NC(=O)C1C. The second kappa shape index (κ2) is 4.47. The van der Waals surface area contributed by atoms with E-state index in [1.807, 2.05) is 13.8 Å². The fourth-order valence-electron chi connectivity index (χ4n) is 1.58. The summed E-state index contributed by atoms with van der Waals surface area (Å²) in [6.45, 7) is 6.59. The van der Waals surface area contributed by atoms with Gasteiger partial charge in [-0.25, -0.2) is 0 Å². The largest absolute Gasteiger partial charge is 0.320 e. The number of hydrogen-bond donors (Lipinski definition) is 1. The van der Waals surface area contributed by atoms with Crippen LogP contribution in [0.3, 0.4) is 0 Å². The minimum Gasteiger partial charge on any atom is -0.320 e. The lowest BCUT2D eigenvalue weighted by molar-refractivity contribution is -0.151. The molecule has 1 fully saturated rings. The molecular formula is C11H16N2O3. The van der Waals surface area contributed by atoms with Crippen molar-refractivity contribution < 1.29 is 14.4 Å². The average molecular weight is 224 g/mol. The van der Waals surface area contributed by atoms with E-state index in [-0.39, 0.29) is 17.5 Å². The zero-order valence-electron chi connectivity index (χ0n) is 9.90. The maximum atomic E-state index is 11.9. The topological polar surface area (TPSA) is 66.5 Å². The Labute approximate surface area is 94.5 Å². The number of hydrogen-bond acceptors (Lipinski definition) is 3. The molecule has 3 amide bonds. The molecule has 0 aliphatic carbocycles. The van der Waals surface area contributed by atoms with E-state index in [1.54, 1.807) is 6.08 Å². The van der Waals surface area contributed by atoms with Crippen molar-refractivity contribution in [2.24, 2.45) is 5.92 Å². The number of imide groups is 1. The molecule has 1 saturated heterocycles. The van der Waals surface area contributed by atoms with Crippen LogP contribution in [0.4, 0.5) is 0 Å². The van der Waals surface area contributed by atoms with Crippen LogP contribution < -0.4 is 5.32 Å². The van der Waals surface area contributed by atoms with Gasteiger partial charge in [-0.15, -0.1) is 0 Å². The molecule has 5 heteroatoms. The Hall–Kier alpha value is -1.65. The van der Waals surface area contributed by atoms with E-state index in [4.69, 9.17) is 0 Å². The first-order valence-electron chi connectivity index (χ1n) is 5.21. The minimum absolute atomic E-state index is 0.126. The highest BCUT2D eigenvalue weighted by Crippen LogP contribution is 2.14. The van der Waals surface area contributed by atoms with Gasteiger partial charge in [0.25, 0.3) is 5.91 Å². The van der Waals surface area contributed by atoms with E-state index in [0.717, 1.165) is 4.90 Å². The zero-order chi connectivity index (χ0) is 12.5. The van der Waals surface area contributed by atoms with Crippen LogP contribution in [0.1, 0.15) is 27.7 Å². The van der Waals surface area contributed by atoms with Gasteiger partial charge in [-0.1, -0.05) is 19.9 Å². The number of amides is 3. The fourth-order valence-corrected chi connectivity index (χ4v) is 1.58. The number of allylic oxidation sites excluding steroid dienone is 1. The Morgan fingerprint density at radius 3 is 2.44 bits per heavy atom. The Bertz CT molecular complexity index is 371. The van der Waals surface area contributed by atoms with E-state index in [9.17, 15) is 14.4 Å². The summed E-state index contributed by atoms with van der Waals surface area (Å²) >= 11 is 0. The third-order valence-electron chi connectivity index (χ3n) is 2.31. The van der Waals surface area contributed by atoms with Gasteiger partial charge >= 0.3 is 0 Å². The number of rotatable bonds is 1. The third kappa shape index (κ3) is 2.29.